The van der Waals surface area contributed by atoms with E-state index in [1.54, 1.807) is 0 Å². The molecular formula is C45H71NO5. The smallest absolute Gasteiger partial charge is 0.306 e. The Labute approximate surface area is 311 Å². The highest BCUT2D eigenvalue weighted by Gasteiger charge is 2.45. The molecule has 6 nitrogen and oxygen atoms in total. The first-order valence-electron chi connectivity index (χ1n) is 19.0. The standard InChI is InChI=1S/C45H71NO5/c1-40(2,3)33-24-30(25-34(38(33)48)41(4,5)6)18-17-22-50-32-28-44(13,14)46(45(15,16)29-32)21-23-51-37(47)20-19-31-26-35(42(7,8)9)39(49)36(27-31)43(10,11)12/h17,22,24-27,32,48-49H,18-21,23,28-29H2,1-16H3. The van der Waals surface area contributed by atoms with Gasteiger partial charge in [0.2, 0.25) is 0 Å². The van der Waals surface area contributed by atoms with Gasteiger partial charge >= 0.3 is 5.97 Å². The van der Waals surface area contributed by atoms with Crippen molar-refractivity contribution in [2.24, 2.45) is 0 Å². The van der Waals surface area contributed by atoms with Crippen LogP contribution in [0.25, 0.3) is 0 Å². The van der Waals surface area contributed by atoms with Gasteiger partial charge in [0.1, 0.15) is 24.2 Å². The first-order valence-corrected chi connectivity index (χ1v) is 19.0. The Morgan fingerprint density at radius 3 is 1.51 bits per heavy atom. The first kappa shape index (κ1) is 42.4. The Morgan fingerprint density at radius 2 is 1.12 bits per heavy atom. The van der Waals surface area contributed by atoms with Crippen molar-refractivity contribution in [1.82, 2.24) is 4.90 Å². The van der Waals surface area contributed by atoms with Crippen LogP contribution in [0.1, 0.15) is 163 Å². The zero-order valence-corrected chi connectivity index (χ0v) is 35.1. The van der Waals surface area contributed by atoms with Crippen LogP contribution in [-0.4, -0.2) is 51.4 Å². The molecule has 1 saturated heterocycles. The maximum Gasteiger partial charge on any atom is 0.306 e. The molecule has 0 bridgehead atoms. The van der Waals surface area contributed by atoms with Gasteiger partial charge in [-0.25, -0.2) is 0 Å². The number of nitrogens with zero attached hydrogens (tertiary/aromatic N) is 1. The summed E-state index contributed by atoms with van der Waals surface area (Å²) in [5.41, 5.74) is 4.94. The number of hydrogen-bond donors (Lipinski definition) is 2. The van der Waals surface area contributed by atoms with Crippen molar-refractivity contribution in [2.75, 3.05) is 13.2 Å². The summed E-state index contributed by atoms with van der Waals surface area (Å²) in [6, 6.07) is 8.35. The van der Waals surface area contributed by atoms with E-state index in [0.717, 1.165) is 47.1 Å². The average molecular weight is 706 g/mol. The maximum absolute atomic E-state index is 12.9. The number of benzene rings is 2. The zero-order chi connectivity index (χ0) is 39.0. The summed E-state index contributed by atoms with van der Waals surface area (Å²) in [6.07, 6.45) is 7.34. The number of phenols is 2. The third-order valence-corrected chi connectivity index (χ3v) is 10.4. The second-order valence-electron chi connectivity index (χ2n) is 20.3. The van der Waals surface area contributed by atoms with Gasteiger partial charge in [0.25, 0.3) is 0 Å². The van der Waals surface area contributed by atoms with E-state index in [2.05, 4.69) is 134 Å². The highest BCUT2D eigenvalue weighted by atomic mass is 16.5. The molecule has 0 aliphatic carbocycles. The number of aromatic hydroxyl groups is 2. The van der Waals surface area contributed by atoms with Gasteiger partial charge < -0.3 is 19.7 Å². The Bertz CT molecular complexity index is 1460. The number of ether oxygens (including phenoxy) is 2. The van der Waals surface area contributed by atoms with Gasteiger partial charge in [-0.15, -0.1) is 0 Å². The van der Waals surface area contributed by atoms with E-state index in [4.69, 9.17) is 9.47 Å². The van der Waals surface area contributed by atoms with Gasteiger partial charge in [0.15, 0.2) is 0 Å². The fraction of sp³-hybridized carbons (Fsp3) is 0.667. The third kappa shape index (κ3) is 11.0. The van der Waals surface area contributed by atoms with E-state index in [0.29, 0.717) is 37.5 Å². The van der Waals surface area contributed by atoms with Crippen LogP contribution >= 0.6 is 0 Å². The van der Waals surface area contributed by atoms with Crippen molar-refractivity contribution < 1.29 is 24.5 Å². The van der Waals surface area contributed by atoms with Crippen molar-refractivity contribution in [3.63, 3.8) is 0 Å². The lowest BCUT2D eigenvalue weighted by molar-refractivity contribution is -0.147. The highest BCUT2D eigenvalue weighted by molar-refractivity contribution is 5.69. The molecule has 2 aromatic carbocycles. The quantitative estimate of drug-likeness (QED) is 0.189. The van der Waals surface area contributed by atoms with E-state index >= 15 is 0 Å². The van der Waals surface area contributed by atoms with Crippen LogP contribution in [0.15, 0.2) is 36.6 Å². The van der Waals surface area contributed by atoms with Gasteiger partial charge in [0, 0.05) is 36.9 Å². The third-order valence-electron chi connectivity index (χ3n) is 10.4. The molecule has 0 amide bonds. The Kier molecular flexibility index (Phi) is 12.6. The summed E-state index contributed by atoms with van der Waals surface area (Å²) in [4.78, 5) is 15.4. The molecule has 51 heavy (non-hydrogen) atoms. The monoisotopic (exact) mass is 706 g/mol. The van der Waals surface area contributed by atoms with Gasteiger partial charge in [-0.05, 0) is 102 Å². The maximum atomic E-state index is 12.9. The zero-order valence-electron chi connectivity index (χ0n) is 35.1. The molecule has 0 saturated carbocycles. The summed E-state index contributed by atoms with van der Waals surface area (Å²) < 4.78 is 12.2. The van der Waals surface area contributed by atoms with Crippen LogP contribution in [0, 0.1) is 0 Å². The molecule has 1 fully saturated rings. The molecule has 2 N–H and O–H groups in total. The second kappa shape index (κ2) is 15.2. The number of phenolic OH excluding ortho intramolecular Hbond substituents is 2. The lowest BCUT2D eigenvalue weighted by Crippen LogP contribution is -2.62. The van der Waals surface area contributed by atoms with Crippen molar-refractivity contribution in [1.29, 1.82) is 0 Å². The molecule has 2 aromatic rings. The Morgan fingerprint density at radius 1 is 0.725 bits per heavy atom. The molecule has 0 atom stereocenters. The molecule has 6 heteroatoms. The number of aryl methyl sites for hydroxylation is 1. The first-order chi connectivity index (χ1) is 23.0. The number of esters is 1. The van der Waals surface area contributed by atoms with Crippen LogP contribution < -0.4 is 0 Å². The van der Waals surface area contributed by atoms with Gasteiger partial charge in [-0.1, -0.05) is 107 Å². The molecular weight excluding hydrogens is 634 g/mol. The number of allylic oxidation sites excluding steroid dienone is 1. The summed E-state index contributed by atoms with van der Waals surface area (Å²) in [6.45, 7) is 35.4. The summed E-state index contributed by atoms with van der Waals surface area (Å²) in [5.74, 6) is 0.563. The minimum atomic E-state index is -0.213. The van der Waals surface area contributed by atoms with Crippen molar-refractivity contribution in [3.8, 4) is 11.5 Å². The fourth-order valence-corrected chi connectivity index (χ4v) is 7.79. The lowest BCUT2D eigenvalue weighted by Gasteiger charge is -2.54. The fourth-order valence-electron chi connectivity index (χ4n) is 7.79. The van der Waals surface area contributed by atoms with Crippen LogP contribution in [0.3, 0.4) is 0 Å². The van der Waals surface area contributed by atoms with Crippen molar-refractivity contribution in [2.45, 2.75) is 182 Å². The van der Waals surface area contributed by atoms with E-state index in [-0.39, 0.29) is 44.8 Å². The molecule has 1 aliphatic rings. The SMILES string of the molecule is CC(C)(C)c1cc(CC=COC2CC(C)(C)N(CCOC(=O)CCc3cc(C(C)(C)C)c(O)c(C(C)(C)C)c3)C(C)(C)C2)cc(C(C)(C)C)c1O. The largest absolute Gasteiger partial charge is 0.507 e. The lowest BCUT2D eigenvalue weighted by atomic mass is 9.78. The number of hydrogen-bond acceptors (Lipinski definition) is 6. The molecule has 1 heterocycles. The van der Waals surface area contributed by atoms with Crippen LogP contribution in [0.4, 0.5) is 0 Å². The van der Waals surface area contributed by atoms with Crippen molar-refractivity contribution >= 4 is 5.97 Å². The Hall–Kier alpha value is -2.99. The molecule has 3 rings (SSSR count). The molecule has 286 valence electrons. The van der Waals surface area contributed by atoms with Gasteiger partial charge in [-0.3, -0.25) is 9.69 Å². The van der Waals surface area contributed by atoms with Crippen LogP contribution in [-0.2, 0) is 48.8 Å². The minimum Gasteiger partial charge on any atom is -0.507 e. The number of carbonyl (C=O) groups is 1. The van der Waals surface area contributed by atoms with E-state index in [1.165, 1.54) is 5.56 Å². The number of rotatable bonds is 10. The normalized spacial score (nSPS) is 17.6. The number of piperidine rings is 1. The summed E-state index contributed by atoms with van der Waals surface area (Å²) in [7, 11) is 0. The van der Waals surface area contributed by atoms with Crippen LogP contribution in [0.2, 0.25) is 0 Å². The van der Waals surface area contributed by atoms with Gasteiger partial charge in [-0.2, -0.15) is 0 Å². The topological polar surface area (TPSA) is 79.2 Å². The minimum absolute atomic E-state index is 0.0708. The predicted octanol–water partition coefficient (Wildman–Crippen LogP) is 10.6. The number of likely N-dealkylation sites (tertiary alicyclic amines) is 1. The predicted molar refractivity (Wildman–Crippen MR) is 212 cm³/mol. The summed E-state index contributed by atoms with van der Waals surface area (Å²) >= 11 is 0. The molecule has 0 spiro atoms. The van der Waals surface area contributed by atoms with Gasteiger partial charge in [0.05, 0.1) is 6.26 Å². The molecule has 0 radical (unpaired) electrons. The molecule has 1 aliphatic heterocycles. The molecule has 0 aromatic heterocycles. The van der Waals surface area contributed by atoms with Crippen molar-refractivity contribution in [3.05, 3.63) is 70.0 Å². The molecule has 0 unspecified atom stereocenters. The van der Waals surface area contributed by atoms with E-state index in [9.17, 15) is 15.0 Å². The van der Waals surface area contributed by atoms with E-state index in [1.807, 2.05) is 18.4 Å². The summed E-state index contributed by atoms with van der Waals surface area (Å²) in [5, 5.41) is 22.1. The highest BCUT2D eigenvalue weighted by Crippen LogP contribution is 2.42. The van der Waals surface area contributed by atoms with E-state index < -0.39 is 0 Å². The average Bonchev–Trinajstić information content (AvgIpc) is 2.93. The second-order valence-corrected chi connectivity index (χ2v) is 20.3. The van der Waals surface area contributed by atoms with Crippen LogP contribution in [0.5, 0.6) is 11.5 Å². The number of carbonyl (C=O) groups excluding carboxylic acids is 1. The Balaban J connectivity index is 1.59.